The molecule has 0 spiro atoms. The second kappa shape index (κ2) is 7.79. The van der Waals surface area contributed by atoms with E-state index in [4.69, 9.17) is 4.42 Å². The minimum Gasteiger partial charge on any atom is -0.451 e. The number of carbonyl (C=O) groups excluding carboxylic acids is 1. The average Bonchev–Trinajstić information content (AvgIpc) is 2.94. The summed E-state index contributed by atoms with van der Waals surface area (Å²) >= 11 is 0. The van der Waals surface area contributed by atoms with Crippen LogP contribution in [0.1, 0.15) is 16.1 Å². The predicted octanol–water partition coefficient (Wildman–Crippen LogP) is 1.13. The molecule has 2 N–H and O–H groups in total. The van der Waals surface area contributed by atoms with Crippen LogP contribution in [-0.2, 0) is 6.54 Å². The summed E-state index contributed by atoms with van der Waals surface area (Å²) in [5.74, 6) is 0.309. The first kappa shape index (κ1) is 17.0. The van der Waals surface area contributed by atoms with Crippen molar-refractivity contribution in [1.29, 1.82) is 0 Å². The van der Waals surface area contributed by atoms with E-state index in [0.29, 0.717) is 18.8 Å². The van der Waals surface area contributed by atoms with Gasteiger partial charge in [0.25, 0.3) is 5.91 Å². The molecule has 1 fully saturated rings. The molecule has 1 saturated heterocycles. The summed E-state index contributed by atoms with van der Waals surface area (Å²) < 4.78 is 5.84. The van der Waals surface area contributed by atoms with Crippen molar-refractivity contribution in [2.75, 3.05) is 53.4 Å². The number of para-hydroxylation sites is 1. The molecule has 24 heavy (non-hydrogen) atoms. The van der Waals surface area contributed by atoms with Crippen molar-refractivity contribution in [3.05, 3.63) is 35.6 Å². The molecule has 0 saturated carbocycles. The van der Waals surface area contributed by atoms with Gasteiger partial charge in [-0.15, -0.1) is 0 Å². The fourth-order valence-corrected chi connectivity index (χ4v) is 3.10. The van der Waals surface area contributed by atoms with E-state index in [-0.39, 0.29) is 5.91 Å². The Bertz CT molecular complexity index is 689. The van der Waals surface area contributed by atoms with Gasteiger partial charge in [0.05, 0.1) is 0 Å². The number of hydrogen-bond donors (Lipinski definition) is 2. The Kier molecular flexibility index (Phi) is 5.50. The molecule has 0 unspecified atom stereocenters. The molecule has 1 aromatic heterocycles. The van der Waals surface area contributed by atoms with Gasteiger partial charge in [0, 0.05) is 56.8 Å². The van der Waals surface area contributed by atoms with Gasteiger partial charge >= 0.3 is 0 Å². The third-order valence-corrected chi connectivity index (χ3v) is 4.30. The summed E-state index contributed by atoms with van der Waals surface area (Å²) in [4.78, 5) is 17.0. The highest BCUT2D eigenvalue weighted by Crippen LogP contribution is 2.26. The maximum atomic E-state index is 12.6. The van der Waals surface area contributed by atoms with Crippen molar-refractivity contribution in [3.8, 4) is 0 Å². The molecular weight excluding hydrogens is 304 g/mol. The minimum absolute atomic E-state index is 0.127. The lowest BCUT2D eigenvalue weighted by Crippen LogP contribution is -2.46. The Morgan fingerprint density at radius 1 is 1.29 bits per heavy atom. The molecule has 0 atom stereocenters. The SMILES string of the molecule is CN(C)Cc1c(C(=O)NCCN2CCNCC2)oc2ccccc12. The van der Waals surface area contributed by atoms with Crippen molar-refractivity contribution in [2.45, 2.75) is 6.54 Å². The maximum absolute atomic E-state index is 12.6. The van der Waals surface area contributed by atoms with Crippen molar-refractivity contribution in [2.24, 2.45) is 0 Å². The number of nitrogens with zero attached hydrogens (tertiary/aromatic N) is 2. The van der Waals surface area contributed by atoms with Gasteiger partial charge in [0.15, 0.2) is 5.76 Å². The number of carbonyl (C=O) groups is 1. The molecule has 6 nitrogen and oxygen atoms in total. The van der Waals surface area contributed by atoms with E-state index in [1.165, 1.54) is 0 Å². The molecule has 1 aliphatic heterocycles. The van der Waals surface area contributed by atoms with Crippen LogP contribution < -0.4 is 10.6 Å². The topological polar surface area (TPSA) is 60.8 Å². The van der Waals surface area contributed by atoms with Gasteiger partial charge in [-0.1, -0.05) is 18.2 Å². The van der Waals surface area contributed by atoms with Crippen LogP contribution in [0.15, 0.2) is 28.7 Å². The van der Waals surface area contributed by atoms with Crippen LogP contribution in [0.2, 0.25) is 0 Å². The van der Waals surface area contributed by atoms with Gasteiger partial charge in [-0.2, -0.15) is 0 Å². The molecule has 2 heterocycles. The first-order valence-electron chi connectivity index (χ1n) is 8.51. The number of amides is 1. The van der Waals surface area contributed by atoms with Crippen LogP contribution in [0.3, 0.4) is 0 Å². The van der Waals surface area contributed by atoms with Gasteiger partial charge in [0.1, 0.15) is 5.58 Å². The average molecular weight is 330 g/mol. The fourth-order valence-electron chi connectivity index (χ4n) is 3.10. The number of nitrogens with one attached hydrogen (secondary N) is 2. The Labute approximate surface area is 142 Å². The molecule has 2 aromatic rings. The van der Waals surface area contributed by atoms with Crippen LogP contribution in [0.4, 0.5) is 0 Å². The third kappa shape index (κ3) is 3.95. The molecule has 3 rings (SSSR count). The van der Waals surface area contributed by atoms with Crippen molar-refractivity contribution in [1.82, 2.24) is 20.4 Å². The Morgan fingerprint density at radius 3 is 2.79 bits per heavy atom. The number of benzene rings is 1. The van der Waals surface area contributed by atoms with Gasteiger partial charge < -0.3 is 20.0 Å². The maximum Gasteiger partial charge on any atom is 0.287 e. The first-order valence-corrected chi connectivity index (χ1v) is 8.51. The summed E-state index contributed by atoms with van der Waals surface area (Å²) in [5, 5.41) is 7.35. The summed E-state index contributed by atoms with van der Waals surface area (Å²) in [6.45, 7) is 6.29. The molecule has 0 radical (unpaired) electrons. The van der Waals surface area contributed by atoms with E-state index in [2.05, 4.69) is 20.4 Å². The van der Waals surface area contributed by atoms with Crippen LogP contribution in [-0.4, -0.2) is 69.1 Å². The molecule has 0 bridgehead atoms. The molecule has 6 heteroatoms. The summed E-state index contributed by atoms with van der Waals surface area (Å²) in [6.07, 6.45) is 0. The summed E-state index contributed by atoms with van der Waals surface area (Å²) in [5.41, 5.74) is 1.72. The molecule has 1 amide bonds. The number of rotatable bonds is 6. The lowest BCUT2D eigenvalue weighted by Gasteiger charge is -2.27. The zero-order valence-electron chi connectivity index (χ0n) is 14.5. The van der Waals surface area contributed by atoms with Gasteiger partial charge in [-0.25, -0.2) is 0 Å². The quantitative estimate of drug-likeness (QED) is 0.831. The Hall–Kier alpha value is -1.89. The van der Waals surface area contributed by atoms with E-state index in [9.17, 15) is 4.79 Å². The van der Waals surface area contributed by atoms with E-state index < -0.39 is 0 Å². The van der Waals surface area contributed by atoms with Crippen molar-refractivity contribution < 1.29 is 9.21 Å². The van der Waals surface area contributed by atoms with Crippen LogP contribution in [0.5, 0.6) is 0 Å². The Balaban J connectivity index is 1.69. The summed E-state index contributed by atoms with van der Waals surface area (Å²) in [6, 6.07) is 7.82. The monoisotopic (exact) mass is 330 g/mol. The number of fused-ring (bicyclic) bond motifs is 1. The van der Waals surface area contributed by atoms with Gasteiger partial charge in [-0.05, 0) is 20.2 Å². The smallest absolute Gasteiger partial charge is 0.287 e. The van der Waals surface area contributed by atoms with Crippen LogP contribution in [0.25, 0.3) is 11.0 Å². The molecule has 130 valence electrons. The van der Waals surface area contributed by atoms with Gasteiger partial charge in [-0.3, -0.25) is 9.69 Å². The third-order valence-electron chi connectivity index (χ3n) is 4.30. The van der Waals surface area contributed by atoms with E-state index >= 15 is 0 Å². The number of piperazine rings is 1. The van der Waals surface area contributed by atoms with Crippen molar-refractivity contribution >= 4 is 16.9 Å². The van der Waals surface area contributed by atoms with Crippen LogP contribution >= 0.6 is 0 Å². The molecular formula is C18H26N4O2. The minimum atomic E-state index is -0.127. The largest absolute Gasteiger partial charge is 0.451 e. The Morgan fingerprint density at radius 2 is 2.04 bits per heavy atom. The first-order chi connectivity index (χ1) is 11.6. The second-order valence-electron chi connectivity index (χ2n) is 6.49. The highest BCUT2D eigenvalue weighted by molar-refractivity contribution is 5.99. The zero-order valence-corrected chi connectivity index (χ0v) is 14.5. The zero-order chi connectivity index (χ0) is 16.9. The lowest BCUT2D eigenvalue weighted by atomic mass is 10.1. The molecule has 0 aliphatic carbocycles. The molecule has 1 aromatic carbocycles. The highest BCUT2D eigenvalue weighted by Gasteiger charge is 2.20. The standard InChI is InChI=1S/C18H26N4O2/c1-21(2)13-15-14-5-3-4-6-16(14)24-17(15)18(23)20-9-12-22-10-7-19-8-11-22/h3-6,19H,7-13H2,1-2H3,(H,20,23). The normalized spacial score (nSPS) is 16.0. The fraction of sp³-hybridized carbons (Fsp3) is 0.500. The predicted molar refractivity (Wildman–Crippen MR) is 95.2 cm³/mol. The molecule has 1 aliphatic rings. The highest BCUT2D eigenvalue weighted by atomic mass is 16.3. The van der Waals surface area contributed by atoms with Gasteiger partial charge in [0.2, 0.25) is 0 Å². The number of furan rings is 1. The van der Waals surface area contributed by atoms with E-state index in [0.717, 1.165) is 49.3 Å². The van der Waals surface area contributed by atoms with Crippen LogP contribution in [0, 0.1) is 0 Å². The van der Waals surface area contributed by atoms with Crippen molar-refractivity contribution in [3.63, 3.8) is 0 Å². The second-order valence-corrected chi connectivity index (χ2v) is 6.49. The summed E-state index contributed by atoms with van der Waals surface area (Å²) in [7, 11) is 3.99. The lowest BCUT2D eigenvalue weighted by molar-refractivity contribution is 0.0919. The van der Waals surface area contributed by atoms with E-state index in [1.54, 1.807) is 0 Å². The number of hydrogen-bond acceptors (Lipinski definition) is 5. The van der Waals surface area contributed by atoms with E-state index in [1.807, 2.05) is 38.4 Å².